The number of carbonyl (C=O) groups is 3. The molecule has 0 aromatic heterocycles. The third-order valence-electron chi connectivity index (χ3n) is 5.46. The maximum atomic E-state index is 12.3. The fraction of sp³-hybridized carbons (Fsp3) is 0.842. The molecular formula is C19H30O6. The standard InChI is InChI=1S/C19H30O6/c1-13(20)14-7-9-17(10-8-14)25-19(22)16-5-3-15(4-6-16)18(21)24-12-11-23-2/h14-17H,3-12H2,1-2H3. The van der Waals surface area contributed by atoms with E-state index in [9.17, 15) is 14.4 Å². The molecule has 0 unspecified atom stereocenters. The highest BCUT2D eigenvalue weighted by molar-refractivity contribution is 5.78. The van der Waals surface area contributed by atoms with Crippen LogP contribution in [0.1, 0.15) is 58.3 Å². The van der Waals surface area contributed by atoms with Gasteiger partial charge in [-0.25, -0.2) is 0 Å². The molecular weight excluding hydrogens is 324 g/mol. The third-order valence-corrected chi connectivity index (χ3v) is 5.46. The van der Waals surface area contributed by atoms with Gasteiger partial charge in [-0.2, -0.15) is 0 Å². The molecule has 0 N–H and O–H groups in total. The van der Waals surface area contributed by atoms with Gasteiger partial charge in [-0.15, -0.1) is 0 Å². The van der Waals surface area contributed by atoms with Crippen LogP contribution in [-0.2, 0) is 28.6 Å². The van der Waals surface area contributed by atoms with Crippen molar-refractivity contribution in [3.8, 4) is 0 Å². The number of ether oxygens (including phenoxy) is 3. The van der Waals surface area contributed by atoms with Crippen LogP contribution in [0.3, 0.4) is 0 Å². The van der Waals surface area contributed by atoms with Crippen molar-refractivity contribution in [3.63, 3.8) is 0 Å². The minimum Gasteiger partial charge on any atom is -0.463 e. The van der Waals surface area contributed by atoms with E-state index < -0.39 is 0 Å². The van der Waals surface area contributed by atoms with Gasteiger partial charge in [-0.05, 0) is 58.3 Å². The second kappa shape index (κ2) is 9.90. The van der Waals surface area contributed by atoms with Crippen molar-refractivity contribution in [1.82, 2.24) is 0 Å². The third kappa shape index (κ3) is 6.10. The highest BCUT2D eigenvalue weighted by atomic mass is 16.6. The van der Waals surface area contributed by atoms with E-state index in [1.807, 2.05) is 0 Å². The molecule has 2 saturated carbocycles. The number of methoxy groups -OCH3 is 1. The monoisotopic (exact) mass is 354 g/mol. The van der Waals surface area contributed by atoms with Crippen LogP contribution in [0.2, 0.25) is 0 Å². The summed E-state index contributed by atoms with van der Waals surface area (Å²) in [6.07, 6.45) is 5.80. The van der Waals surface area contributed by atoms with Gasteiger partial charge in [0.05, 0.1) is 18.4 Å². The normalized spacial score (nSPS) is 29.7. The Labute approximate surface area is 149 Å². The summed E-state index contributed by atoms with van der Waals surface area (Å²) in [6.45, 7) is 2.31. The van der Waals surface area contributed by atoms with Gasteiger partial charge in [-0.3, -0.25) is 14.4 Å². The van der Waals surface area contributed by atoms with E-state index in [1.165, 1.54) is 0 Å². The Balaban J connectivity index is 1.67. The van der Waals surface area contributed by atoms with Crippen LogP contribution in [0.25, 0.3) is 0 Å². The lowest BCUT2D eigenvalue weighted by atomic mass is 9.81. The van der Waals surface area contributed by atoms with Crippen LogP contribution in [0.5, 0.6) is 0 Å². The number of hydrogen-bond acceptors (Lipinski definition) is 6. The summed E-state index contributed by atoms with van der Waals surface area (Å²) in [5.74, 6) is -0.195. The Hall–Kier alpha value is -1.43. The van der Waals surface area contributed by atoms with E-state index in [1.54, 1.807) is 14.0 Å². The summed E-state index contributed by atoms with van der Waals surface area (Å²) in [6, 6.07) is 0. The molecule has 0 saturated heterocycles. The predicted molar refractivity (Wildman–Crippen MR) is 90.8 cm³/mol. The maximum absolute atomic E-state index is 12.3. The van der Waals surface area contributed by atoms with Crippen molar-refractivity contribution in [2.24, 2.45) is 17.8 Å². The molecule has 0 atom stereocenters. The Morgan fingerprint density at radius 2 is 1.28 bits per heavy atom. The lowest BCUT2D eigenvalue weighted by molar-refractivity contribution is -0.160. The van der Waals surface area contributed by atoms with E-state index in [4.69, 9.17) is 14.2 Å². The fourth-order valence-corrected chi connectivity index (χ4v) is 3.76. The molecule has 0 radical (unpaired) electrons. The van der Waals surface area contributed by atoms with Gasteiger partial charge < -0.3 is 14.2 Å². The molecule has 25 heavy (non-hydrogen) atoms. The number of Topliss-reactive ketones (excluding diaryl/α,β-unsaturated/α-hetero) is 1. The van der Waals surface area contributed by atoms with E-state index in [0.717, 1.165) is 25.7 Å². The second-order valence-electron chi connectivity index (χ2n) is 7.23. The molecule has 6 heteroatoms. The van der Waals surface area contributed by atoms with Crippen LogP contribution in [0, 0.1) is 17.8 Å². The van der Waals surface area contributed by atoms with Crippen LogP contribution in [0.15, 0.2) is 0 Å². The minimum atomic E-state index is -0.188. The van der Waals surface area contributed by atoms with E-state index in [2.05, 4.69) is 0 Å². The Bertz CT molecular complexity index is 459. The Kier molecular flexibility index (Phi) is 7.88. The van der Waals surface area contributed by atoms with Gasteiger partial charge >= 0.3 is 11.9 Å². The van der Waals surface area contributed by atoms with Crippen LogP contribution in [-0.4, -0.2) is 44.1 Å². The molecule has 2 aliphatic carbocycles. The topological polar surface area (TPSA) is 78.9 Å². The number of ketones is 1. The maximum Gasteiger partial charge on any atom is 0.309 e. The molecule has 0 heterocycles. The van der Waals surface area contributed by atoms with Crippen molar-refractivity contribution in [2.45, 2.75) is 64.4 Å². The summed E-state index contributed by atoms with van der Waals surface area (Å²) in [5.41, 5.74) is 0. The zero-order valence-electron chi connectivity index (χ0n) is 15.3. The summed E-state index contributed by atoms with van der Waals surface area (Å²) >= 11 is 0. The highest BCUT2D eigenvalue weighted by Gasteiger charge is 2.33. The van der Waals surface area contributed by atoms with Crippen molar-refractivity contribution < 1.29 is 28.6 Å². The van der Waals surface area contributed by atoms with E-state index in [-0.39, 0.29) is 48.2 Å². The number of rotatable bonds is 7. The molecule has 0 aromatic rings. The largest absolute Gasteiger partial charge is 0.463 e. The average molecular weight is 354 g/mol. The number of hydrogen-bond donors (Lipinski definition) is 0. The zero-order chi connectivity index (χ0) is 18.2. The number of carbonyl (C=O) groups excluding carboxylic acids is 3. The lowest BCUT2D eigenvalue weighted by Crippen LogP contribution is -2.32. The summed E-state index contributed by atoms with van der Waals surface area (Å²) in [5, 5.41) is 0. The summed E-state index contributed by atoms with van der Waals surface area (Å²) < 4.78 is 15.7. The van der Waals surface area contributed by atoms with Gasteiger partial charge in [0.25, 0.3) is 0 Å². The molecule has 0 aliphatic heterocycles. The molecule has 0 aromatic carbocycles. The molecule has 2 fully saturated rings. The molecule has 142 valence electrons. The van der Waals surface area contributed by atoms with Gasteiger partial charge in [0.15, 0.2) is 0 Å². The molecule has 2 rings (SSSR count). The van der Waals surface area contributed by atoms with E-state index >= 15 is 0 Å². The van der Waals surface area contributed by atoms with E-state index in [0.29, 0.717) is 32.3 Å². The first-order valence-electron chi connectivity index (χ1n) is 9.37. The first-order chi connectivity index (χ1) is 12.0. The lowest BCUT2D eigenvalue weighted by Gasteiger charge is -2.30. The van der Waals surface area contributed by atoms with Gasteiger partial charge in [-0.1, -0.05) is 0 Å². The first-order valence-corrected chi connectivity index (χ1v) is 9.37. The van der Waals surface area contributed by atoms with Crippen molar-refractivity contribution in [2.75, 3.05) is 20.3 Å². The molecule has 6 nitrogen and oxygen atoms in total. The van der Waals surface area contributed by atoms with Crippen molar-refractivity contribution in [3.05, 3.63) is 0 Å². The van der Waals surface area contributed by atoms with Gasteiger partial charge in [0, 0.05) is 13.0 Å². The SMILES string of the molecule is COCCOC(=O)C1CCC(C(=O)OC2CCC(C(C)=O)CC2)CC1. The van der Waals surface area contributed by atoms with Crippen molar-refractivity contribution in [1.29, 1.82) is 0 Å². The summed E-state index contributed by atoms with van der Waals surface area (Å²) in [7, 11) is 1.57. The Morgan fingerprint density at radius 3 is 1.80 bits per heavy atom. The van der Waals surface area contributed by atoms with Crippen LogP contribution in [0.4, 0.5) is 0 Å². The minimum absolute atomic E-state index is 0.0557. The molecule has 0 amide bonds. The quantitative estimate of drug-likeness (QED) is 0.517. The van der Waals surface area contributed by atoms with Crippen molar-refractivity contribution >= 4 is 17.7 Å². The second-order valence-corrected chi connectivity index (χ2v) is 7.23. The smallest absolute Gasteiger partial charge is 0.309 e. The summed E-state index contributed by atoms with van der Waals surface area (Å²) in [4.78, 5) is 35.7. The van der Waals surface area contributed by atoms with Crippen LogP contribution < -0.4 is 0 Å². The number of esters is 2. The molecule has 2 aliphatic rings. The first kappa shape index (κ1) is 19.9. The molecule has 0 spiro atoms. The van der Waals surface area contributed by atoms with Crippen LogP contribution >= 0.6 is 0 Å². The average Bonchev–Trinajstić information content (AvgIpc) is 2.62. The van der Waals surface area contributed by atoms with Gasteiger partial charge in [0.1, 0.15) is 18.5 Å². The fourth-order valence-electron chi connectivity index (χ4n) is 3.76. The predicted octanol–water partition coefficient (Wildman–Crippen LogP) is 2.67. The zero-order valence-corrected chi connectivity index (χ0v) is 15.3. The Morgan fingerprint density at radius 1 is 0.760 bits per heavy atom. The highest BCUT2D eigenvalue weighted by Crippen LogP contribution is 2.32. The molecule has 0 bridgehead atoms. The van der Waals surface area contributed by atoms with Gasteiger partial charge in [0.2, 0.25) is 0 Å².